The smallest absolute Gasteiger partial charge is 0.174 e. The van der Waals surface area contributed by atoms with Crippen LogP contribution in [0.3, 0.4) is 0 Å². The summed E-state index contributed by atoms with van der Waals surface area (Å²) < 4.78 is 0. The molecule has 0 saturated carbocycles. The summed E-state index contributed by atoms with van der Waals surface area (Å²) >= 11 is 5.72. The Balaban J connectivity index is 1.83. The van der Waals surface area contributed by atoms with E-state index in [4.69, 9.17) is 4.98 Å². The van der Waals surface area contributed by atoms with Gasteiger partial charge < -0.3 is 0 Å². The van der Waals surface area contributed by atoms with Crippen LogP contribution in [0.25, 0.3) is 0 Å². The highest BCUT2D eigenvalue weighted by molar-refractivity contribution is 8.07. The number of nitrogens with zero attached hydrogens (tertiary/aromatic N) is 1. The molecule has 0 aromatic carbocycles. The van der Waals surface area contributed by atoms with E-state index in [0.29, 0.717) is 22.7 Å². The van der Waals surface area contributed by atoms with Gasteiger partial charge in [0.25, 0.3) is 0 Å². The van der Waals surface area contributed by atoms with Gasteiger partial charge in [-0.2, -0.15) is 11.8 Å². The lowest BCUT2D eigenvalue weighted by Gasteiger charge is -2.30. The monoisotopic (exact) mass is 299 g/mol. The van der Waals surface area contributed by atoms with Crippen LogP contribution in [-0.2, 0) is 6.42 Å². The molecule has 2 heterocycles. The van der Waals surface area contributed by atoms with Crippen molar-refractivity contribution in [2.24, 2.45) is 0 Å². The molecule has 3 rings (SSSR count). The predicted octanol–water partition coefficient (Wildman–Crippen LogP) is 3.96. The van der Waals surface area contributed by atoms with Crippen LogP contribution in [0.5, 0.6) is 0 Å². The quantitative estimate of drug-likeness (QED) is 0.785. The van der Waals surface area contributed by atoms with Gasteiger partial charge in [0.1, 0.15) is 5.01 Å². The first-order valence-corrected chi connectivity index (χ1v) is 9.26. The van der Waals surface area contributed by atoms with E-state index in [2.05, 4.69) is 13.8 Å². The largest absolute Gasteiger partial charge is 0.293 e. The van der Waals surface area contributed by atoms with E-state index in [0.717, 1.165) is 34.4 Å². The molecule has 0 spiro atoms. The average Bonchev–Trinajstić information content (AvgIpc) is 2.78. The minimum Gasteiger partial charge on any atom is -0.293 e. The van der Waals surface area contributed by atoms with Crippen LogP contribution in [0.1, 0.15) is 52.3 Å². The number of fused-ring (bicyclic) bond motifs is 1. The van der Waals surface area contributed by atoms with Crippen LogP contribution in [0.2, 0.25) is 0 Å². The number of carbonyl (C=O) groups is 1. The second kappa shape index (κ2) is 5.17. The summed E-state index contributed by atoms with van der Waals surface area (Å²) in [7, 11) is 0. The van der Waals surface area contributed by atoms with Crippen molar-refractivity contribution < 1.29 is 4.79 Å². The van der Waals surface area contributed by atoms with Gasteiger partial charge in [-0.05, 0) is 12.8 Å². The van der Waals surface area contributed by atoms with Crippen LogP contribution >= 0.6 is 34.9 Å². The van der Waals surface area contributed by atoms with Gasteiger partial charge in [0, 0.05) is 22.7 Å². The first-order chi connectivity index (χ1) is 8.65. The highest BCUT2D eigenvalue weighted by Gasteiger charge is 2.31. The second-order valence-corrected chi connectivity index (χ2v) is 9.00. The van der Waals surface area contributed by atoms with Gasteiger partial charge in [0.2, 0.25) is 0 Å². The van der Waals surface area contributed by atoms with E-state index in [1.807, 2.05) is 23.5 Å². The number of Topliss-reactive ketones (excluding diaryl/α,β-unsaturated/α-hetero) is 1. The van der Waals surface area contributed by atoms with Crippen LogP contribution in [0.15, 0.2) is 0 Å². The Labute approximate surface area is 120 Å². The van der Waals surface area contributed by atoms with E-state index in [1.165, 1.54) is 5.01 Å². The lowest BCUT2D eigenvalue weighted by Crippen LogP contribution is -2.21. The fourth-order valence-corrected chi connectivity index (χ4v) is 6.61. The number of thioether (sulfide) groups is 2. The standard InChI is InChI=1S/C13H17NOS3/c1-7-8(2)17-11(6-16-7)13-14-9-4-3-5-10(15)12(9)18-13/h7-8,11H,3-6H2,1-2H3. The summed E-state index contributed by atoms with van der Waals surface area (Å²) in [5.74, 6) is 1.45. The molecule has 3 atom stereocenters. The molecule has 1 aliphatic heterocycles. The maximum Gasteiger partial charge on any atom is 0.174 e. The molecule has 0 amide bonds. The van der Waals surface area contributed by atoms with E-state index < -0.39 is 0 Å². The van der Waals surface area contributed by atoms with Gasteiger partial charge in [-0.1, -0.05) is 13.8 Å². The molecule has 0 N–H and O–H groups in total. The van der Waals surface area contributed by atoms with E-state index in [-0.39, 0.29) is 0 Å². The van der Waals surface area contributed by atoms with Crippen LogP contribution in [-0.4, -0.2) is 27.0 Å². The molecular weight excluding hydrogens is 282 g/mol. The first-order valence-electron chi connectivity index (χ1n) is 6.45. The molecule has 0 radical (unpaired) electrons. The van der Waals surface area contributed by atoms with Gasteiger partial charge in [-0.3, -0.25) is 4.79 Å². The summed E-state index contributed by atoms with van der Waals surface area (Å²) in [6, 6.07) is 0. The molecule has 2 aliphatic rings. The molecule has 18 heavy (non-hydrogen) atoms. The molecule has 3 unspecified atom stereocenters. The summed E-state index contributed by atoms with van der Waals surface area (Å²) in [4.78, 5) is 17.6. The first kappa shape index (κ1) is 13.0. The summed E-state index contributed by atoms with van der Waals surface area (Å²) in [6.45, 7) is 4.60. The lowest BCUT2D eigenvalue weighted by atomic mass is 10.0. The van der Waals surface area contributed by atoms with Gasteiger partial charge in [-0.25, -0.2) is 4.98 Å². The van der Waals surface area contributed by atoms with Crippen molar-refractivity contribution in [1.29, 1.82) is 0 Å². The number of ketones is 1. The Morgan fingerprint density at radius 1 is 1.22 bits per heavy atom. The number of hydrogen-bond donors (Lipinski definition) is 0. The van der Waals surface area contributed by atoms with Gasteiger partial charge in [0.05, 0.1) is 15.8 Å². The van der Waals surface area contributed by atoms with Crippen molar-refractivity contribution in [3.63, 3.8) is 0 Å². The fourth-order valence-electron chi connectivity index (χ4n) is 2.34. The zero-order valence-corrected chi connectivity index (χ0v) is 13.1. The molecule has 1 aromatic heterocycles. The summed E-state index contributed by atoms with van der Waals surface area (Å²) in [5.41, 5.74) is 1.07. The minimum atomic E-state index is 0.315. The van der Waals surface area contributed by atoms with Crippen LogP contribution in [0, 0.1) is 0 Å². The number of hydrogen-bond acceptors (Lipinski definition) is 5. The zero-order valence-electron chi connectivity index (χ0n) is 10.6. The van der Waals surface area contributed by atoms with Crippen LogP contribution in [0.4, 0.5) is 0 Å². The molecule has 1 saturated heterocycles. The molecule has 98 valence electrons. The van der Waals surface area contributed by atoms with Gasteiger partial charge in [0.15, 0.2) is 5.78 Å². The number of thiazole rings is 1. The average molecular weight is 299 g/mol. The Morgan fingerprint density at radius 3 is 2.78 bits per heavy atom. The number of aromatic nitrogens is 1. The van der Waals surface area contributed by atoms with Crippen molar-refractivity contribution in [2.45, 2.75) is 48.9 Å². The predicted molar refractivity (Wildman–Crippen MR) is 81.1 cm³/mol. The SMILES string of the molecule is CC1SCC(c2nc3c(s2)C(=O)CCC3)SC1C. The third kappa shape index (κ3) is 2.37. The molecule has 1 aromatic rings. The van der Waals surface area contributed by atoms with Crippen molar-refractivity contribution in [2.75, 3.05) is 5.75 Å². The second-order valence-electron chi connectivity index (χ2n) is 4.97. The van der Waals surface area contributed by atoms with Crippen molar-refractivity contribution >= 4 is 40.6 Å². The van der Waals surface area contributed by atoms with Crippen molar-refractivity contribution in [3.8, 4) is 0 Å². The highest BCUT2D eigenvalue weighted by Crippen LogP contribution is 2.46. The summed E-state index contributed by atoms with van der Waals surface area (Å²) in [6.07, 6.45) is 2.69. The van der Waals surface area contributed by atoms with E-state index in [9.17, 15) is 4.79 Å². The molecule has 0 bridgehead atoms. The third-order valence-electron chi connectivity index (χ3n) is 3.61. The Hall–Kier alpha value is -0.000000000000000111. The molecule has 1 fully saturated rings. The summed E-state index contributed by atoms with van der Waals surface area (Å²) in [5, 5.41) is 3.07. The molecule has 1 aliphatic carbocycles. The van der Waals surface area contributed by atoms with Crippen molar-refractivity contribution in [1.82, 2.24) is 4.98 Å². The fraction of sp³-hybridized carbons (Fsp3) is 0.692. The number of rotatable bonds is 1. The van der Waals surface area contributed by atoms with Gasteiger partial charge >= 0.3 is 0 Å². The topological polar surface area (TPSA) is 30.0 Å². The Morgan fingerprint density at radius 2 is 2.06 bits per heavy atom. The molecule has 2 nitrogen and oxygen atoms in total. The zero-order chi connectivity index (χ0) is 12.7. The highest BCUT2D eigenvalue weighted by atomic mass is 32.2. The van der Waals surface area contributed by atoms with E-state index in [1.54, 1.807) is 11.3 Å². The minimum absolute atomic E-state index is 0.315. The lowest BCUT2D eigenvalue weighted by molar-refractivity contribution is 0.0976. The Kier molecular flexibility index (Phi) is 3.74. The third-order valence-corrected chi connectivity index (χ3v) is 8.41. The normalized spacial score (nSPS) is 32.3. The molecule has 5 heteroatoms. The van der Waals surface area contributed by atoms with Gasteiger partial charge in [-0.15, -0.1) is 23.1 Å². The number of aryl methyl sites for hydroxylation is 1. The maximum atomic E-state index is 11.9. The number of carbonyl (C=O) groups excluding carboxylic acids is 1. The molecular formula is C13H17NOS3. The van der Waals surface area contributed by atoms with Crippen LogP contribution < -0.4 is 0 Å². The van der Waals surface area contributed by atoms with Crippen molar-refractivity contribution in [3.05, 3.63) is 15.6 Å². The van der Waals surface area contributed by atoms with E-state index >= 15 is 0 Å². The Bertz CT molecular complexity index is 471. The maximum absolute atomic E-state index is 11.9.